The molecule has 3 rings (SSSR count). The van der Waals surface area contributed by atoms with Gasteiger partial charge in [0.25, 0.3) is 0 Å². The van der Waals surface area contributed by atoms with Gasteiger partial charge in [0.05, 0.1) is 11.3 Å². The van der Waals surface area contributed by atoms with Crippen LogP contribution in [0.1, 0.15) is 15.9 Å². The van der Waals surface area contributed by atoms with Gasteiger partial charge >= 0.3 is 5.97 Å². The van der Waals surface area contributed by atoms with E-state index in [2.05, 4.69) is 20.8 Å². The molecule has 6 nitrogen and oxygen atoms in total. The second-order valence-corrected chi connectivity index (χ2v) is 5.30. The second kappa shape index (κ2) is 8.34. The Bertz CT molecular complexity index is 938. The van der Waals surface area contributed by atoms with Gasteiger partial charge < -0.3 is 5.11 Å². The molecule has 128 valence electrons. The van der Waals surface area contributed by atoms with Crippen LogP contribution in [0.15, 0.2) is 100 Å². The molecule has 0 radical (unpaired) electrons. The molecule has 2 N–H and O–H groups in total. The number of benzene rings is 3. The van der Waals surface area contributed by atoms with Gasteiger partial charge in [0, 0.05) is 5.56 Å². The summed E-state index contributed by atoms with van der Waals surface area (Å²) < 4.78 is 0. The van der Waals surface area contributed by atoms with Gasteiger partial charge in [-0.15, -0.1) is 10.2 Å². The van der Waals surface area contributed by atoms with Crippen molar-refractivity contribution in [3.05, 3.63) is 96.1 Å². The summed E-state index contributed by atoms with van der Waals surface area (Å²) >= 11 is 0. The molecule has 0 aliphatic heterocycles. The smallest absolute Gasteiger partial charge is 0.337 e. The maximum absolute atomic E-state index is 11.3. The minimum atomic E-state index is -1.06. The number of amidine groups is 1. The summed E-state index contributed by atoms with van der Waals surface area (Å²) in [5.41, 5.74) is 4.85. The number of carboxylic acid groups (broad SMARTS) is 1. The molecule has 0 saturated heterocycles. The first-order valence-electron chi connectivity index (χ1n) is 7.92. The minimum Gasteiger partial charge on any atom is -0.478 e. The Morgan fingerprint density at radius 2 is 1.42 bits per heavy atom. The molecule has 0 bridgehead atoms. The zero-order valence-corrected chi connectivity index (χ0v) is 13.8. The van der Waals surface area contributed by atoms with Crippen molar-refractivity contribution in [2.45, 2.75) is 0 Å². The number of nitrogens with one attached hydrogen (secondary N) is 1. The molecule has 26 heavy (non-hydrogen) atoms. The molecule has 0 heterocycles. The van der Waals surface area contributed by atoms with Crippen molar-refractivity contribution in [3.63, 3.8) is 0 Å². The number of hydrogen-bond donors (Lipinski definition) is 2. The van der Waals surface area contributed by atoms with E-state index in [0.717, 1.165) is 11.3 Å². The fourth-order valence-corrected chi connectivity index (χ4v) is 2.20. The number of nitrogens with zero attached hydrogens (tertiary/aromatic N) is 3. The summed E-state index contributed by atoms with van der Waals surface area (Å²) in [5.74, 6) is -0.713. The average molecular weight is 344 g/mol. The average Bonchev–Trinajstić information content (AvgIpc) is 2.69. The Morgan fingerprint density at radius 1 is 0.808 bits per heavy atom. The van der Waals surface area contributed by atoms with E-state index in [0.29, 0.717) is 5.84 Å². The van der Waals surface area contributed by atoms with Gasteiger partial charge in [0.15, 0.2) is 0 Å². The lowest BCUT2D eigenvalue weighted by Crippen LogP contribution is -2.01. The number of para-hydroxylation sites is 1. The van der Waals surface area contributed by atoms with E-state index >= 15 is 0 Å². The molecule has 0 unspecified atom stereocenters. The molecule has 0 spiro atoms. The van der Waals surface area contributed by atoms with Crippen LogP contribution in [-0.4, -0.2) is 16.9 Å². The van der Waals surface area contributed by atoms with E-state index in [-0.39, 0.29) is 11.3 Å². The highest BCUT2D eigenvalue weighted by atomic mass is 16.4. The standard InChI is InChI=1S/C20H16N4O2/c25-20(26)17-13-7-8-14-18(17)22-24-19(15-9-3-1-4-10-15)23-21-16-11-5-2-6-12-16/h1-14,21H,(H,25,26)/b23-19-,24-22?. The Kier molecular flexibility index (Phi) is 5.47. The number of hydrazone groups is 1. The number of carboxylic acids is 1. The molecular formula is C20H16N4O2. The van der Waals surface area contributed by atoms with Crippen LogP contribution in [0, 0.1) is 0 Å². The van der Waals surface area contributed by atoms with Crippen LogP contribution in [0.5, 0.6) is 0 Å². The lowest BCUT2D eigenvalue weighted by Gasteiger charge is -2.04. The number of azo groups is 1. The highest BCUT2D eigenvalue weighted by Crippen LogP contribution is 2.19. The summed E-state index contributed by atoms with van der Waals surface area (Å²) in [6.07, 6.45) is 0. The summed E-state index contributed by atoms with van der Waals surface area (Å²) in [5, 5.41) is 21.8. The van der Waals surface area contributed by atoms with Crippen LogP contribution >= 0.6 is 0 Å². The molecule has 0 atom stereocenters. The Balaban J connectivity index is 1.93. The first-order chi connectivity index (χ1) is 12.7. The van der Waals surface area contributed by atoms with E-state index < -0.39 is 5.97 Å². The van der Waals surface area contributed by atoms with E-state index in [9.17, 15) is 9.90 Å². The highest BCUT2D eigenvalue weighted by molar-refractivity contribution is 6.00. The molecular weight excluding hydrogens is 328 g/mol. The van der Waals surface area contributed by atoms with Crippen molar-refractivity contribution in [2.75, 3.05) is 5.43 Å². The van der Waals surface area contributed by atoms with Gasteiger partial charge in [0.1, 0.15) is 5.69 Å². The second-order valence-electron chi connectivity index (χ2n) is 5.30. The largest absolute Gasteiger partial charge is 0.478 e. The third kappa shape index (κ3) is 4.39. The van der Waals surface area contributed by atoms with Crippen LogP contribution in [0.3, 0.4) is 0 Å². The van der Waals surface area contributed by atoms with E-state index in [1.54, 1.807) is 18.2 Å². The van der Waals surface area contributed by atoms with Crippen molar-refractivity contribution in [1.82, 2.24) is 0 Å². The number of aromatic carboxylic acids is 1. The summed E-state index contributed by atoms with van der Waals surface area (Å²) in [6, 6.07) is 25.2. The van der Waals surface area contributed by atoms with Crippen LogP contribution in [-0.2, 0) is 0 Å². The topological polar surface area (TPSA) is 86.4 Å². The third-order valence-corrected chi connectivity index (χ3v) is 3.48. The van der Waals surface area contributed by atoms with Crippen molar-refractivity contribution in [3.8, 4) is 0 Å². The predicted molar refractivity (Wildman–Crippen MR) is 101 cm³/mol. The molecule has 0 fully saturated rings. The predicted octanol–water partition coefficient (Wildman–Crippen LogP) is 4.94. The zero-order chi connectivity index (χ0) is 18.2. The molecule has 0 amide bonds. The Hall–Kier alpha value is -3.80. The summed E-state index contributed by atoms with van der Waals surface area (Å²) in [7, 11) is 0. The Morgan fingerprint density at radius 3 is 2.12 bits per heavy atom. The summed E-state index contributed by atoms with van der Waals surface area (Å²) in [4.78, 5) is 11.3. The molecule has 0 aliphatic rings. The molecule has 3 aromatic carbocycles. The zero-order valence-electron chi connectivity index (χ0n) is 13.8. The lowest BCUT2D eigenvalue weighted by atomic mass is 10.2. The van der Waals surface area contributed by atoms with Crippen LogP contribution in [0.2, 0.25) is 0 Å². The minimum absolute atomic E-state index is 0.0830. The molecule has 3 aromatic rings. The normalized spacial score (nSPS) is 11.5. The van der Waals surface area contributed by atoms with Gasteiger partial charge in [-0.1, -0.05) is 60.7 Å². The van der Waals surface area contributed by atoms with Crippen molar-refractivity contribution >= 4 is 23.2 Å². The van der Waals surface area contributed by atoms with Crippen molar-refractivity contribution < 1.29 is 9.90 Å². The summed E-state index contributed by atoms with van der Waals surface area (Å²) in [6.45, 7) is 0. The van der Waals surface area contributed by atoms with Gasteiger partial charge in [0.2, 0.25) is 5.84 Å². The van der Waals surface area contributed by atoms with E-state index in [4.69, 9.17) is 0 Å². The van der Waals surface area contributed by atoms with Crippen LogP contribution in [0.25, 0.3) is 0 Å². The number of hydrogen-bond acceptors (Lipinski definition) is 4. The molecule has 6 heteroatoms. The van der Waals surface area contributed by atoms with Crippen molar-refractivity contribution in [2.24, 2.45) is 15.3 Å². The van der Waals surface area contributed by atoms with Crippen LogP contribution in [0.4, 0.5) is 11.4 Å². The first kappa shape index (κ1) is 17.0. The molecule has 0 saturated carbocycles. The molecule has 0 aromatic heterocycles. The maximum Gasteiger partial charge on any atom is 0.337 e. The highest BCUT2D eigenvalue weighted by Gasteiger charge is 2.09. The van der Waals surface area contributed by atoms with Gasteiger partial charge in [-0.25, -0.2) is 4.79 Å². The monoisotopic (exact) mass is 344 g/mol. The van der Waals surface area contributed by atoms with Crippen LogP contribution < -0.4 is 5.43 Å². The maximum atomic E-state index is 11.3. The SMILES string of the molecule is O=C(O)c1ccccc1N=N/C(=N\Nc1ccccc1)c1ccccc1. The number of rotatable bonds is 5. The number of anilines is 1. The van der Waals surface area contributed by atoms with Gasteiger partial charge in [-0.3, -0.25) is 5.43 Å². The Labute approximate surface area is 150 Å². The third-order valence-electron chi connectivity index (χ3n) is 3.48. The fraction of sp³-hybridized carbons (Fsp3) is 0. The van der Waals surface area contributed by atoms with Gasteiger partial charge in [-0.05, 0) is 24.3 Å². The first-order valence-corrected chi connectivity index (χ1v) is 7.92. The van der Waals surface area contributed by atoms with E-state index in [1.165, 1.54) is 6.07 Å². The van der Waals surface area contributed by atoms with Crippen molar-refractivity contribution in [1.29, 1.82) is 0 Å². The fourth-order valence-electron chi connectivity index (χ4n) is 2.20. The van der Waals surface area contributed by atoms with E-state index in [1.807, 2.05) is 60.7 Å². The quantitative estimate of drug-likeness (QED) is 0.297. The number of carbonyl (C=O) groups is 1. The molecule has 0 aliphatic carbocycles. The van der Waals surface area contributed by atoms with Gasteiger partial charge in [-0.2, -0.15) is 5.10 Å². The lowest BCUT2D eigenvalue weighted by molar-refractivity contribution is 0.0697.